The Balaban J connectivity index is 0.789. The molecule has 4 saturated heterocycles. The van der Waals surface area contributed by atoms with Crippen molar-refractivity contribution in [3.8, 4) is 17.0 Å². The number of phenols is 1. The van der Waals surface area contributed by atoms with Crippen LogP contribution in [0.15, 0.2) is 72.9 Å². The third-order valence-corrected chi connectivity index (χ3v) is 13.3. The summed E-state index contributed by atoms with van der Waals surface area (Å²) in [5, 5.41) is 22.4. The fraction of sp³-hybridized carbons (Fsp3) is 0.426. The highest BCUT2D eigenvalue weighted by atomic mass is 19.1. The number of urea groups is 1. The number of piperidine rings is 2. The van der Waals surface area contributed by atoms with E-state index in [2.05, 4.69) is 48.2 Å². The third kappa shape index (κ3) is 8.06. The zero-order valence-corrected chi connectivity index (χ0v) is 35.5. The van der Waals surface area contributed by atoms with Crippen molar-refractivity contribution in [1.82, 2.24) is 29.9 Å². The Morgan fingerprint density at radius 1 is 0.952 bits per heavy atom. The van der Waals surface area contributed by atoms with Crippen LogP contribution in [0.5, 0.6) is 5.75 Å². The number of nitrogens with two attached hydrogens (primary N) is 1. The summed E-state index contributed by atoms with van der Waals surface area (Å²) in [6, 6.07) is 20.6. The van der Waals surface area contributed by atoms with Crippen molar-refractivity contribution in [2.45, 2.75) is 76.8 Å². The van der Waals surface area contributed by atoms with Gasteiger partial charge in [0, 0.05) is 112 Å². The highest BCUT2D eigenvalue weighted by Crippen LogP contribution is 2.38. The van der Waals surface area contributed by atoms with E-state index in [1.54, 1.807) is 28.0 Å². The third-order valence-electron chi connectivity index (χ3n) is 13.3. The molecule has 4 N–H and O–H groups in total. The summed E-state index contributed by atoms with van der Waals surface area (Å²) >= 11 is 0. The molecule has 5 aromatic rings. The summed E-state index contributed by atoms with van der Waals surface area (Å²) in [6.07, 6.45) is 4.37. The summed E-state index contributed by atoms with van der Waals surface area (Å²) in [7, 11) is 0. The number of nitrogens with one attached hydrogen (secondary N) is 1. The van der Waals surface area contributed by atoms with Crippen LogP contribution in [-0.4, -0.2) is 112 Å². The van der Waals surface area contributed by atoms with E-state index in [1.165, 1.54) is 0 Å². The van der Waals surface area contributed by atoms with Crippen LogP contribution in [0.25, 0.3) is 22.2 Å². The van der Waals surface area contributed by atoms with Crippen LogP contribution in [0.4, 0.5) is 26.4 Å². The number of aromatic nitrogens is 3. The van der Waals surface area contributed by atoms with Crippen molar-refractivity contribution < 1.29 is 28.6 Å². The number of nitrogen functional groups attached to an aromatic ring is 1. The molecule has 4 aliphatic rings. The average Bonchev–Trinajstić information content (AvgIpc) is 3.70. The van der Waals surface area contributed by atoms with E-state index < -0.39 is 5.67 Å². The maximum absolute atomic E-state index is 16.4. The number of benzene rings is 3. The Labute approximate surface area is 360 Å². The first-order valence-corrected chi connectivity index (χ1v) is 21.7. The molecule has 6 heterocycles. The van der Waals surface area contributed by atoms with Crippen LogP contribution < -0.4 is 20.9 Å². The second kappa shape index (κ2) is 16.7. The zero-order valence-electron chi connectivity index (χ0n) is 35.5. The number of nitrogens with zero attached hydrogens (tertiary/aromatic N) is 7. The number of fused-ring (bicyclic) bond motifs is 1. The lowest BCUT2D eigenvalue weighted by Crippen LogP contribution is -2.51. The van der Waals surface area contributed by atoms with Crippen LogP contribution >= 0.6 is 0 Å². The van der Waals surface area contributed by atoms with Crippen molar-refractivity contribution in [1.29, 1.82) is 0 Å². The van der Waals surface area contributed by atoms with Gasteiger partial charge < -0.3 is 34.8 Å². The number of aromatic hydroxyl groups is 1. The molecule has 0 spiro atoms. The Hall–Kier alpha value is -6.06. The van der Waals surface area contributed by atoms with Gasteiger partial charge in [0.05, 0.1) is 17.5 Å². The first kappa shape index (κ1) is 41.3. The Bertz CT molecular complexity index is 2530. The number of morpholine rings is 1. The molecule has 4 fully saturated rings. The van der Waals surface area contributed by atoms with Crippen molar-refractivity contribution in [3.05, 3.63) is 95.2 Å². The number of likely N-dealkylation sites (tertiary alicyclic amines) is 2. The van der Waals surface area contributed by atoms with Crippen LogP contribution in [0, 0.1) is 13.8 Å². The molecule has 4 amide bonds. The standard InChI is InChI=1S/C47H54FN9O5/c1-29-24-32(8-9-34(29)42-27-55(26-30(2)62-42)40-25-37(51-52-44(40)49)36-6-4-5-7-41(36)58)45(60)54-22-16-47(48,17-23-54)28-53-18-12-33(13-19-53)56-20-14-35-31(3)38(10-11-39(35)56)57-21-15-43(59)50-46(57)61/h4-11,14,20,24-25,30,33,42,58H,12-13,15-19,21-23,26-28H2,1-3H3,(H2,49,52)(H,50,59,61)/t30-,42-/m0/s1. The van der Waals surface area contributed by atoms with Gasteiger partial charge in [-0.2, -0.15) is 0 Å². The Kier molecular flexibility index (Phi) is 11.1. The van der Waals surface area contributed by atoms with Crippen LogP contribution in [-0.2, 0) is 9.53 Å². The molecule has 9 rings (SSSR count). The minimum absolute atomic E-state index is 0.0926. The monoisotopic (exact) mass is 843 g/mol. The predicted octanol–water partition coefficient (Wildman–Crippen LogP) is 6.70. The number of hydrogen-bond donors (Lipinski definition) is 3. The SMILES string of the molecule is Cc1cc(C(=O)N2CCC(F)(CN3CCC(n4ccc5c(C)c(N6CCC(=O)NC6=O)ccc54)CC3)CC2)ccc1[C@@H]1CN(c2cc(-c3ccccc3O)nnc2N)C[C@H](C)O1. The van der Waals surface area contributed by atoms with Crippen molar-refractivity contribution in [3.63, 3.8) is 0 Å². The number of aryl methyl sites for hydroxylation is 2. The Morgan fingerprint density at radius 2 is 1.73 bits per heavy atom. The first-order chi connectivity index (χ1) is 29.8. The summed E-state index contributed by atoms with van der Waals surface area (Å²) in [5.74, 6) is 0.0607. The average molecular weight is 844 g/mol. The molecular weight excluding hydrogens is 790 g/mol. The molecule has 14 nitrogen and oxygen atoms in total. The van der Waals surface area contributed by atoms with Gasteiger partial charge in [0.25, 0.3) is 5.91 Å². The summed E-state index contributed by atoms with van der Waals surface area (Å²) in [5.41, 5.74) is 12.2. The lowest BCUT2D eigenvalue weighted by molar-refractivity contribution is -0.120. The van der Waals surface area contributed by atoms with Crippen LogP contribution in [0.2, 0.25) is 0 Å². The second-order valence-electron chi connectivity index (χ2n) is 17.5. The minimum Gasteiger partial charge on any atom is -0.507 e. The lowest BCUT2D eigenvalue weighted by atomic mass is 9.91. The van der Waals surface area contributed by atoms with E-state index in [9.17, 15) is 19.5 Å². The highest BCUT2D eigenvalue weighted by molar-refractivity contribution is 6.07. The molecule has 0 aliphatic carbocycles. The van der Waals surface area contributed by atoms with Gasteiger partial charge in [-0.05, 0) is 98.8 Å². The van der Waals surface area contributed by atoms with E-state index in [4.69, 9.17) is 10.5 Å². The van der Waals surface area contributed by atoms with E-state index in [-0.39, 0.29) is 48.3 Å². The molecule has 2 aromatic heterocycles. The number of amides is 4. The number of anilines is 3. The van der Waals surface area contributed by atoms with Gasteiger partial charge in [0.15, 0.2) is 5.82 Å². The molecule has 15 heteroatoms. The number of phenolic OH excluding ortho intramolecular Hbond substituents is 1. The fourth-order valence-electron chi connectivity index (χ4n) is 9.94. The smallest absolute Gasteiger partial charge is 0.328 e. The first-order valence-electron chi connectivity index (χ1n) is 21.7. The summed E-state index contributed by atoms with van der Waals surface area (Å²) in [4.78, 5) is 45.8. The number of para-hydroxylation sites is 1. The molecular formula is C47H54FN9O5. The number of alkyl halides is 1. The van der Waals surface area contributed by atoms with Gasteiger partial charge in [-0.1, -0.05) is 18.2 Å². The van der Waals surface area contributed by atoms with E-state index in [0.29, 0.717) is 80.4 Å². The number of ether oxygens (including phenoxy) is 1. The van der Waals surface area contributed by atoms with E-state index in [1.807, 2.05) is 57.2 Å². The topological polar surface area (TPSA) is 162 Å². The molecule has 324 valence electrons. The maximum Gasteiger partial charge on any atom is 0.328 e. The normalized spacial score (nSPS) is 21.4. The molecule has 2 atom stereocenters. The quantitative estimate of drug-likeness (QED) is 0.153. The van der Waals surface area contributed by atoms with Crippen molar-refractivity contribution in [2.24, 2.45) is 0 Å². The molecule has 0 bridgehead atoms. The van der Waals surface area contributed by atoms with Gasteiger partial charge >= 0.3 is 6.03 Å². The fourth-order valence-corrected chi connectivity index (χ4v) is 9.94. The minimum atomic E-state index is -1.36. The van der Waals surface area contributed by atoms with Gasteiger partial charge in [-0.3, -0.25) is 19.8 Å². The molecule has 3 aromatic carbocycles. The zero-order chi connectivity index (χ0) is 43.3. The van der Waals surface area contributed by atoms with Gasteiger partial charge in [-0.25, -0.2) is 9.18 Å². The molecule has 4 aliphatic heterocycles. The van der Waals surface area contributed by atoms with Crippen LogP contribution in [0.3, 0.4) is 0 Å². The number of carbonyl (C=O) groups is 3. The summed E-state index contributed by atoms with van der Waals surface area (Å²) < 4.78 is 25.2. The van der Waals surface area contributed by atoms with Crippen molar-refractivity contribution in [2.75, 3.05) is 67.9 Å². The van der Waals surface area contributed by atoms with E-state index >= 15 is 4.39 Å². The van der Waals surface area contributed by atoms with Crippen molar-refractivity contribution >= 4 is 45.9 Å². The lowest BCUT2D eigenvalue weighted by Gasteiger charge is -2.41. The number of rotatable bonds is 8. The van der Waals surface area contributed by atoms with Crippen LogP contribution in [0.1, 0.15) is 78.2 Å². The molecule has 0 radical (unpaired) electrons. The number of carbonyl (C=O) groups excluding carboxylic acids is 3. The second-order valence-corrected chi connectivity index (χ2v) is 17.5. The molecule has 62 heavy (non-hydrogen) atoms. The van der Waals surface area contributed by atoms with Gasteiger partial charge in [-0.15, -0.1) is 10.2 Å². The number of hydrogen-bond acceptors (Lipinski definition) is 10. The van der Waals surface area contributed by atoms with Gasteiger partial charge in [0.2, 0.25) is 5.91 Å². The van der Waals surface area contributed by atoms with E-state index in [0.717, 1.165) is 59.2 Å². The highest BCUT2D eigenvalue weighted by Gasteiger charge is 2.39. The molecule has 0 unspecified atom stereocenters. The Morgan fingerprint density at radius 3 is 2.47 bits per heavy atom. The maximum atomic E-state index is 16.4. The number of imide groups is 1. The molecule has 0 saturated carbocycles. The predicted molar refractivity (Wildman–Crippen MR) is 236 cm³/mol. The van der Waals surface area contributed by atoms with Gasteiger partial charge in [0.1, 0.15) is 17.5 Å². The largest absolute Gasteiger partial charge is 0.507 e. The number of halogens is 1. The summed E-state index contributed by atoms with van der Waals surface area (Å²) in [6.45, 7) is 10.1.